The predicted octanol–water partition coefficient (Wildman–Crippen LogP) is 6.91. The number of aromatic amines is 2. The van der Waals surface area contributed by atoms with Gasteiger partial charge in [0.05, 0.1) is 22.5 Å². The number of rotatable bonds is 11. The van der Waals surface area contributed by atoms with Gasteiger partial charge in [-0.05, 0) is 114 Å². The van der Waals surface area contributed by atoms with Crippen LogP contribution in [0, 0.1) is 32.6 Å². The van der Waals surface area contributed by atoms with E-state index in [4.69, 9.17) is 10.2 Å². The zero-order chi connectivity index (χ0) is 44.3. The van der Waals surface area contributed by atoms with Crippen LogP contribution in [0.5, 0.6) is 0 Å². The summed E-state index contributed by atoms with van der Waals surface area (Å²) in [6.45, 7) is 27.7. The molecular weight excluding hydrogens is 743 g/mol. The van der Waals surface area contributed by atoms with Crippen molar-refractivity contribution >= 4 is 11.9 Å². The SMILES string of the molecule is CC(C)CCn1nn[nH]c1=O.CC(C)CCn1nnn(C)c1=O.Cc1cc(C(C)C)n[nH]1.Cc1ccc(C(=O)O)c(C(C)C)c1.Cc1ccc(C(=O)O)c(C(C)C)n1. The second kappa shape index (κ2) is 24.8. The van der Waals surface area contributed by atoms with Crippen molar-refractivity contribution in [1.82, 2.24) is 55.2 Å². The monoisotopic (exact) mass is 808 g/mol. The van der Waals surface area contributed by atoms with Gasteiger partial charge >= 0.3 is 23.3 Å². The van der Waals surface area contributed by atoms with Gasteiger partial charge in [-0.3, -0.25) is 10.1 Å². The Hall–Kier alpha value is -5.74. The summed E-state index contributed by atoms with van der Waals surface area (Å²) in [5.41, 5.74) is 6.16. The average molecular weight is 808 g/mol. The lowest BCUT2D eigenvalue weighted by molar-refractivity contribution is 0.0684. The maximum Gasteiger partial charge on any atom is 0.363 e. The van der Waals surface area contributed by atoms with Crippen LogP contribution in [0.25, 0.3) is 0 Å². The van der Waals surface area contributed by atoms with Crippen molar-refractivity contribution in [2.24, 2.45) is 18.9 Å². The Kier molecular flexibility index (Phi) is 21.5. The van der Waals surface area contributed by atoms with E-state index in [0.717, 1.165) is 41.1 Å². The Balaban J connectivity index is 0.000000364. The van der Waals surface area contributed by atoms with E-state index in [2.05, 4.69) is 88.7 Å². The summed E-state index contributed by atoms with van der Waals surface area (Å²) in [6, 6.07) is 10.8. The first kappa shape index (κ1) is 50.3. The van der Waals surface area contributed by atoms with Crippen molar-refractivity contribution < 1.29 is 19.8 Å². The third kappa shape index (κ3) is 18.0. The number of pyridine rings is 1. The number of nitrogens with zero attached hydrogens (tertiary/aromatic N) is 9. The zero-order valence-electron chi connectivity index (χ0n) is 36.7. The van der Waals surface area contributed by atoms with Crippen molar-refractivity contribution in [3.8, 4) is 0 Å². The molecule has 58 heavy (non-hydrogen) atoms. The van der Waals surface area contributed by atoms with E-state index in [-0.39, 0.29) is 23.2 Å². The number of H-pyrrole nitrogens is 2. The number of tetrazole rings is 2. The van der Waals surface area contributed by atoms with Crippen LogP contribution in [0.15, 0.2) is 46.0 Å². The van der Waals surface area contributed by atoms with E-state index in [9.17, 15) is 19.2 Å². The molecule has 4 heterocycles. The number of carboxylic acids is 2. The van der Waals surface area contributed by atoms with E-state index in [0.29, 0.717) is 47.7 Å². The maximum absolute atomic E-state index is 11.2. The molecule has 0 spiro atoms. The van der Waals surface area contributed by atoms with Crippen LogP contribution in [-0.2, 0) is 20.1 Å². The number of nitrogens with one attached hydrogen (secondary N) is 2. The van der Waals surface area contributed by atoms with Crippen LogP contribution in [0.2, 0.25) is 0 Å². The second-order valence-electron chi connectivity index (χ2n) is 15.7. The quantitative estimate of drug-likeness (QED) is 0.107. The van der Waals surface area contributed by atoms with Gasteiger partial charge in [-0.25, -0.2) is 24.3 Å². The number of benzene rings is 1. The Morgan fingerprint density at radius 2 is 1.26 bits per heavy atom. The molecule has 0 saturated heterocycles. The van der Waals surface area contributed by atoms with Gasteiger partial charge in [0.1, 0.15) is 0 Å². The van der Waals surface area contributed by atoms with Gasteiger partial charge in [0, 0.05) is 31.5 Å². The van der Waals surface area contributed by atoms with Crippen LogP contribution in [0.1, 0.15) is 154 Å². The number of hydrogen-bond donors (Lipinski definition) is 4. The molecule has 0 aliphatic carbocycles. The van der Waals surface area contributed by atoms with Crippen LogP contribution in [0.3, 0.4) is 0 Å². The molecule has 4 N–H and O–H groups in total. The summed E-state index contributed by atoms with van der Waals surface area (Å²) in [4.78, 5) is 47.8. The lowest BCUT2D eigenvalue weighted by Crippen LogP contribution is -2.23. The fourth-order valence-electron chi connectivity index (χ4n) is 4.90. The molecule has 0 unspecified atom stereocenters. The summed E-state index contributed by atoms with van der Waals surface area (Å²) in [5.74, 6) is 0.351. The topological polar surface area (TPSA) is 232 Å². The highest BCUT2D eigenvalue weighted by atomic mass is 16.4. The number of carboxylic acid groups (broad SMARTS) is 2. The number of aromatic nitrogens is 11. The first-order valence-electron chi connectivity index (χ1n) is 19.6. The molecule has 5 aromatic rings. The van der Waals surface area contributed by atoms with Crippen LogP contribution >= 0.6 is 0 Å². The van der Waals surface area contributed by atoms with Gasteiger partial charge in [-0.1, -0.05) is 86.9 Å². The molecule has 0 aliphatic rings. The number of hydrogen-bond acceptors (Lipinski definition) is 10. The largest absolute Gasteiger partial charge is 0.478 e. The smallest absolute Gasteiger partial charge is 0.363 e. The van der Waals surface area contributed by atoms with Gasteiger partial charge in [0.25, 0.3) is 0 Å². The van der Waals surface area contributed by atoms with Crippen LogP contribution < -0.4 is 11.4 Å². The lowest BCUT2D eigenvalue weighted by Gasteiger charge is -2.10. The highest BCUT2D eigenvalue weighted by Crippen LogP contribution is 2.21. The summed E-state index contributed by atoms with van der Waals surface area (Å²) in [5, 5.41) is 41.3. The normalized spacial score (nSPS) is 10.7. The Morgan fingerprint density at radius 3 is 1.66 bits per heavy atom. The minimum atomic E-state index is -0.906. The Bertz CT molecular complexity index is 2040. The summed E-state index contributed by atoms with van der Waals surface area (Å²) in [7, 11) is 1.60. The standard InChI is InChI=1S/C11H14O2.C10H13NO2.C7H14N4O.C7H12N2.C6H12N4O/c1-7(2)10-6-8(3)4-5-9(10)11(12)13;1-6(2)9-8(10(12)13)5-4-7(3)11-9;1-6(2)4-5-11-7(12)10(3)8-9-11;1-5(2)7-4-6(3)8-9-7;1-5(2)3-4-10-6(11)7-8-9-10/h4-7H,1-3H3,(H,12,13);4-6H,1-3H3,(H,12,13);6H,4-5H2,1-3H3;4-5H,1-3H3,(H,8,9);5H,3-4H2,1-2H3,(H,7,9,11). The Labute approximate surface area is 341 Å². The molecule has 0 saturated carbocycles. The molecular formula is C41H65N11O6. The zero-order valence-corrected chi connectivity index (χ0v) is 36.7. The lowest BCUT2D eigenvalue weighted by atomic mass is 9.95. The van der Waals surface area contributed by atoms with Gasteiger partial charge in [0.15, 0.2) is 0 Å². The number of aryl methyl sites for hydroxylation is 6. The molecule has 0 atom stereocenters. The number of aromatic carboxylic acids is 2. The molecule has 0 amide bonds. The van der Waals surface area contributed by atoms with E-state index >= 15 is 0 Å². The highest BCUT2D eigenvalue weighted by Gasteiger charge is 2.14. The maximum atomic E-state index is 11.2. The minimum Gasteiger partial charge on any atom is -0.478 e. The van der Waals surface area contributed by atoms with Gasteiger partial charge in [-0.2, -0.15) is 19.1 Å². The van der Waals surface area contributed by atoms with Crippen molar-refractivity contribution in [3.05, 3.63) is 102 Å². The van der Waals surface area contributed by atoms with Crippen LogP contribution in [0.4, 0.5) is 0 Å². The van der Waals surface area contributed by atoms with Gasteiger partial charge < -0.3 is 10.2 Å². The molecule has 0 fully saturated rings. The molecule has 0 aliphatic heterocycles. The van der Waals surface area contributed by atoms with Crippen molar-refractivity contribution in [2.45, 2.75) is 134 Å². The third-order valence-electron chi connectivity index (χ3n) is 8.37. The second-order valence-corrected chi connectivity index (χ2v) is 15.7. The molecule has 5 rings (SSSR count). The molecule has 17 heteroatoms. The third-order valence-corrected chi connectivity index (χ3v) is 8.37. The van der Waals surface area contributed by atoms with Crippen molar-refractivity contribution in [2.75, 3.05) is 0 Å². The van der Waals surface area contributed by atoms with E-state index in [1.807, 2.05) is 60.6 Å². The van der Waals surface area contributed by atoms with Crippen LogP contribution in [-0.4, -0.2) is 77.3 Å². The summed E-state index contributed by atoms with van der Waals surface area (Å²) >= 11 is 0. The predicted molar refractivity (Wildman–Crippen MR) is 224 cm³/mol. The van der Waals surface area contributed by atoms with Crippen molar-refractivity contribution in [1.29, 1.82) is 0 Å². The first-order valence-corrected chi connectivity index (χ1v) is 19.6. The molecule has 0 radical (unpaired) electrons. The number of carbonyl (C=O) groups is 2. The van der Waals surface area contributed by atoms with Crippen molar-refractivity contribution in [3.63, 3.8) is 0 Å². The summed E-state index contributed by atoms with van der Waals surface area (Å²) in [6.07, 6.45) is 1.91. The van der Waals surface area contributed by atoms with Gasteiger partial charge in [0.2, 0.25) is 0 Å². The molecule has 320 valence electrons. The van der Waals surface area contributed by atoms with E-state index in [1.54, 1.807) is 25.2 Å². The minimum absolute atomic E-state index is 0.143. The fraction of sp³-hybridized carbons (Fsp3) is 0.561. The fourth-order valence-corrected chi connectivity index (χ4v) is 4.90. The molecule has 0 bridgehead atoms. The first-order chi connectivity index (χ1) is 27.0. The molecule has 4 aromatic heterocycles. The van der Waals surface area contributed by atoms with E-state index < -0.39 is 11.9 Å². The summed E-state index contributed by atoms with van der Waals surface area (Å²) < 4.78 is 3.96. The molecule has 17 nitrogen and oxygen atoms in total. The van der Waals surface area contributed by atoms with Gasteiger partial charge in [-0.15, -0.1) is 0 Å². The molecule has 1 aromatic carbocycles. The highest BCUT2D eigenvalue weighted by molar-refractivity contribution is 5.90. The average Bonchev–Trinajstić information content (AvgIpc) is 3.86. The Morgan fingerprint density at radius 1 is 0.690 bits per heavy atom. The van der Waals surface area contributed by atoms with E-state index in [1.165, 1.54) is 14.0 Å².